The Bertz CT molecular complexity index is 1060. The summed E-state index contributed by atoms with van der Waals surface area (Å²) < 4.78 is 15.2. The fraction of sp³-hybridized carbons (Fsp3) is 0.273. The van der Waals surface area contributed by atoms with E-state index in [1.54, 1.807) is 6.33 Å². The number of allylic oxidation sites excluding steroid dienone is 2. The first kappa shape index (κ1) is 17.6. The summed E-state index contributed by atoms with van der Waals surface area (Å²) in [5.41, 5.74) is 5.76. The second-order valence-electron chi connectivity index (χ2n) is 7.47. The van der Waals surface area contributed by atoms with Crippen molar-refractivity contribution in [2.45, 2.75) is 37.2 Å². The Morgan fingerprint density at radius 2 is 1.96 bits per heavy atom. The molecule has 1 aliphatic carbocycles. The highest BCUT2D eigenvalue weighted by Crippen LogP contribution is 2.45. The highest BCUT2D eigenvalue weighted by Gasteiger charge is 2.32. The van der Waals surface area contributed by atoms with Crippen LogP contribution in [0.25, 0.3) is 11.3 Å². The van der Waals surface area contributed by atoms with Crippen molar-refractivity contribution in [1.29, 1.82) is 0 Å². The number of nitrogens with one attached hydrogen (secondary N) is 1. The van der Waals surface area contributed by atoms with Crippen LogP contribution in [-0.4, -0.2) is 14.8 Å². The van der Waals surface area contributed by atoms with Crippen LogP contribution in [0.5, 0.6) is 0 Å². The lowest BCUT2D eigenvalue weighted by atomic mass is 9.81. The molecule has 0 saturated carbocycles. The number of rotatable bonds is 2. The molecule has 28 heavy (non-hydrogen) atoms. The van der Waals surface area contributed by atoms with Gasteiger partial charge in [-0.3, -0.25) is 4.57 Å². The molecule has 1 N–H and O–H groups in total. The van der Waals surface area contributed by atoms with Gasteiger partial charge in [0.2, 0.25) is 0 Å². The summed E-state index contributed by atoms with van der Waals surface area (Å²) in [4.78, 5) is -0.416. The summed E-state index contributed by atoms with van der Waals surface area (Å²) in [6.45, 7) is 1.47. The molecule has 1 aromatic heterocycles. The van der Waals surface area contributed by atoms with E-state index in [9.17, 15) is 4.39 Å². The maximum Gasteiger partial charge on any atom is 0.151 e. The second kappa shape index (κ2) is 6.83. The minimum atomic E-state index is -0.416. The predicted octanol–water partition coefficient (Wildman–Crippen LogP) is 4.71. The van der Waals surface area contributed by atoms with Crippen LogP contribution in [0.1, 0.15) is 41.8 Å². The number of alkyl halides is 1. The molecule has 0 spiro atoms. The lowest BCUT2D eigenvalue weighted by molar-refractivity contribution is 0.553. The summed E-state index contributed by atoms with van der Waals surface area (Å²) in [6, 6.07) is 13.2. The van der Waals surface area contributed by atoms with E-state index in [-0.39, 0.29) is 5.82 Å². The second-order valence-corrected chi connectivity index (χ2v) is 8.19. The van der Waals surface area contributed by atoms with E-state index in [4.69, 9.17) is 11.6 Å². The number of hydrogen-bond acceptors (Lipinski definition) is 3. The maximum absolute atomic E-state index is 13.2. The minimum absolute atomic E-state index is 0.207. The molecule has 2 heterocycles. The third kappa shape index (κ3) is 3.05. The molecule has 1 unspecified atom stereocenters. The molecular formula is C22H20ClFN4. The van der Waals surface area contributed by atoms with Gasteiger partial charge in [0.1, 0.15) is 12.1 Å². The summed E-state index contributed by atoms with van der Waals surface area (Å²) in [7, 11) is 0. The van der Waals surface area contributed by atoms with Gasteiger partial charge in [-0.2, -0.15) is 0 Å². The van der Waals surface area contributed by atoms with Crippen molar-refractivity contribution in [2.24, 2.45) is 0 Å². The Balaban J connectivity index is 1.44. The topological polar surface area (TPSA) is 42.7 Å². The average Bonchev–Trinajstić information content (AvgIpc) is 3.11. The van der Waals surface area contributed by atoms with Crippen molar-refractivity contribution in [3.05, 3.63) is 83.2 Å². The molecule has 0 saturated heterocycles. The predicted molar refractivity (Wildman–Crippen MR) is 108 cm³/mol. The van der Waals surface area contributed by atoms with E-state index in [1.807, 2.05) is 16.7 Å². The number of hydrogen-bond donors (Lipinski definition) is 1. The lowest BCUT2D eigenvalue weighted by Crippen LogP contribution is -2.22. The molecule has 0 bridgehead atoms. The molecule has 4 nitrogen and oxygen atoms in total. The van der Waals surface area contributed by atoms with Gasteiger partial charge in [0.25, 0.3) is 0 Å². The molecule has 1 aliphatic heterocycles. The first-order chi connectivity index (χ1) is 13.6. The number of fused-ring (bicyclic) bond motifs is 3. The first-order valence-electron chi connectivity index (χ1n) is 9.50. The number of nitrogens with zero attached hydrogens (tertiary/aromatic N) is 3. The molecule has 142 valence electrons. The van der Waals surface area contributed by atoms with E-state index < -0.39 is 4.87 Å². The molecule has 0 amide bonds. The zero-order valence-corrected chi connectivity index (χ0v) is 16.1. The fourth-order valence-corrected chi connectivity index (χ4v) is 4.43. The third-order valence-corrected chi connectivity index (χ3v) is 6.31. The van der Waals surface area contributed by atoms with E-state index in [0.717, 1.165) is 48.4 Å². The highest BCUT2D eigenvalue weighted by molar-refractivity contribution is 6.24. The standard InChI is InChI=1S/C22H20ClFN4/c23-22(9-7-16(8-10-22)15-1-4-19(24)5-2-15)18-3-6-20-17(11-18)12-25-13-21-27-26-14-28(20)21/h1-7,11,14,25H,8-10,12-13H2. The van der Waals surface area contributed by atoms with E-state index in [0.29, 0.717) is 6.54 Å². The smallest absolute Gasteiger partial charge is 0.151 e. The molecule has 2 aromatic carbocycles. The first-order valence-corrected chi connectivity index (χ1v) is 9.87. The van der Waals surface area contributed by atoms with Crippen molar-refractivity contribution in [3.8, 4) is 5.69 Å². The van der Waals surface area contributed by atoms with Crippen LogP contribution < -0.4 is 5.32 Å². The molecule has 0 fully saturated rings. The molecule has 6 heteroatoms. The van der Waals surface area contributed by atoms with Crippen LogP contribution in [0.3, 0.4) is 0 Å². The third-order valence-electron chi connectivity index (χ3n) is 5.75. The molecule has 1 atom stereocenters. The monoisotopic (exact) mass is 394 g/mol. The maximum atomic E-state index is 13.2. The van der Waals surface area contributed by atoms with Gasteiger partial charge in [-0.25, -0.2) is 4.39 Å². The lowest BCUT2D eigenvalue weighted by Gasteiger charge is -2.32. The number of halogens is 2. The number of aromatic nitrogens is 3. The van der Waals surface area contributed by atoms with Gasteiger partial charge in [-0.05, 0) is 59.7 Å². The van der Waals surface area contributed by atoms with Gasteiger partial charge in [0.15, 0.2) is 5.82 Å². The number of benzene rings is 2. The van der Waals surface area contributed by atoms with Crippen molar-refractivity contribution in [1.82, 2.24) is 20.1 Å². The van der Waals surface area contributed by atoms with Gasteiger partial charge >= 0.3 is 0 Å². The molecule has 0 radical (unpaired) electrons. The summed E-state index contributed by atoms with van der Waals surface area (Å²) in [6.07, 6.45) is 6.44. The van der Waals surface area contributed by atoms with Crippen LogP contribution in [-0.2, 0) is 18.0 Å². The van der Waals surface area contributed by atoms with Crippen LogP contribution in [0.4, 0.5) is 4.39 Å². The average molecular weight is 395 g/mol. The normalized spacial score (nSPS) is 21.4. The van der Waals surface area contributed by atoms with Crippen molar-refractivity contribution in [3.63, 3.8) is 0 Å². The van der Waals surface area contributed by atoms with E-state index in [1.165, 1.54) is 23.3 Å². The fourth-order valence-electron chi connectivity index (χ4n) is 4.14. The van der Waals surface area contributed by atoms with Crippen LogP contribution >= 0.6 is 11.6 Å². The Morgan fingerprint density at radius 1 is 1.11 bits per heavy atom. The van der Waals surface area contributed by atoms with E-state index in [2.05, 4.69) is 39.8 Å². The summed E-state index contributed by atoms with van der Waals surface area (Å²) >= 11 is 7.08. The van der Waals surface area contributed by atoms with Gasteiger partial charge < -0.3 is 5.32 Å². The van der Waals surface area contributed by atoms with E-state index >= 15 is 0 Å². The van der Waals surface area contributed by atoms with Crippen LogP contribution in [0, 0.1) is 5.82 Å². The van der Waals surface area contributed by atoms with Gasteiger partial charge in [0.05, 0.1) is 17.1 Å². The van der Waals surface area contributed by atoms with Gasteiger partial charge in [0, 0.05) is 6.54 Å². The van der Waals surface area contributed by atoms with Crippen molar-refractivity contribution < 1.29 is 4.39 Å². The molecule has 3 aromatic rings. The van der Waals surface area contributed by atoms with Crippen molar-refractivity contribution in [2.75, 3.05) is 0 Å². The Labute approximate surface area is 168 Å². The largest absolute Gasteiger partial charge is 0.306 e. The van der Waals surface area contributed by atoms with Crippen LogP contribution in [0.2, 0.25) is 0 Å². The Hall–Kier alpha value is -2.50. The summed E-state index contributed by atoms with van der Waals surface area (Å²) in [5, 5.41) is 11.6. The Morgan fingerprint density at radius 3 is 2.75 bits per heavy atom. The van der Waals surface area contributed by atoms with Crippen LogP contribution in [0.15, 0.2) is 54.9 Å². The molecular weight excluding hydrogens is 375 g/mol. The SMILES string of the molecule is Fc1ccc(C2=CCC(Cl)(c3ccc4c(c3)CNCc3nncn3-4)CC2)cc1. The zero-order valence-electron chi connectivity index (χ0n) is 15.3. The molecule has 5 rings (SSSR count). The quantitative estimate of drug-likeness (QED) is 0.640. The Kier molecular flexibility index (Phi) is 4.29. The molecule has 2 aliphatic rings. The zero-order chi connectivity index (χ0) is 19.1. The van der Waals surface area contributed by atoms with Gasteiger partial charge in [-0.1, -0.05) is 30.3 Å². The highest BCUT2D eigenvalue weighted by atomic mass is 35.5. The minimum Gasteiger partial charge on any atom is -0.306 e. The van der Waals surface area contributed by atoms with Gasteiger partial charge in [-0.15, -0.1) is 21.8 Å². The van der Waals surface area contributed by atoms with Crippen molar-refractivity contribution >= 4 is 17.2 Å². The summed E-state index contributed by atoms with van der Waals surface area (Å²) in [5.74, 6) is 0.707.